The lowest BCUT2D eigenvalue weighted by atomic mass is 9.75. The zero-order valence-electron chi connectivity index (χ0n) is 13.1. The van der Waals surface area contributed by atoms with Gasteiger partial charge in [-0.2, -0.15) is 0 Å². The van der Waals surface area contributed by atoms with Crippen LogP contribution in [0.4, 0.5) is 0 Å². The predicted octanol–water partition coefficient (Wildman–Crippen LogP) is 4.25. The summed E-state index contributed by atoms with van der Waals surface area (Å²) in [4.78, 5) is 12.8. The standard InChI is InChI=1S/C21H18O2/c1-23-20(22)21(18-9-3-2-4-10-18)12-11-17-13-15-7-5-6-8-16(15)14-19(17)21/h2-10,13-14H,11-12H2,1H3. The second kappa shape index (κ2) is 5.24. The first-order valence-corrected chi connectivity index (χ1v) is 7.92. The molecule has 2 nitrogen and oxygen atoms in total. The Morgan fingerprint density at radius 3 is 2.30 bits per heavy atom. The summed E-state index contributed by atoms with van der Waals surface area (Å²) in [5, 5.41) is 2.39. The average Bonchev–Trinajstić information content (AvgIpc) is 2.99. The lowest BCUT2D eigenvalue weighted by Crippen LogP contribution is -2.36. The van der Waals surface area contributed by atoms with E-state index in [0.29, 0.717) is 0 Å². The number of aryl methyl sites for hydroxylation is 1. The van der Waals surface area contributed by atoms with E-state index in [1.165, 1.54) is 18.1 Å². The van der Waals surface area contributed by atoms with Gasteiger partial charge in [-0.25, -0.2) is 0 Å². The summed E-state index contributed by atoms with van der Waals surface area (Å²) in [6, 6.07) is 22.7. The average molecular weight is 302 g/mol. The molecule has 0 heterocycles. The molecule has 0 radical (unpaired) electrons. The number of carbonyl (C=O) groups is 1. The van der Waals surface area contributed by atoms with Crippen molar-refractivity contribution < 1.29 is 9.53 Å². The third kappa shape index (κ3) is 1.98. The number of hydrogen-bond acceptors (Lipinski definition) is 2. The van der Waals surface area contributed by atoms with Crippen LogP contribution in [0.5, 0.6) is 0 Å². The number of fused-ring (bicyclic) bond motifs is 2. The summed E-state index contributed by atoms with van der Waals surface area (Å²) in [5.74, 6) is -0.169. The number of hydrogen-bond donors (Lipinski definition) is 0. The molecule has 3 aromatic rings. The molecule has 0 spiro atoms. The Bertz CT molecular complexity index is 883. The SMILES string of the molecule is COC(=O)C1(c2ccccc2)CCc2cc3ccccc3cc21. The Morgan fingerprint density at radius 2 is 1.61 bits per heavy atom. The molecule has 1 unspecified atom stereocenters. The fourth-order valence-corrected chi connectivity index (χ4v) is 3.88. The lowest BCUT2D eigenvalue weighted by molar-refractivity contribution is -0.145. The predicted molar refractivity (Wildman–Crippen MR) is 91.5 cm³/mol. The first kappa shape index (κ1) is 14.0. The van der Waals surface area contributed by atoms with E-state index in [4.69, 9.17) is 4.74 Å². The van der Waals surface area contributed by atoms with E-state index in [2.05, 4.69) is 30.3 Å². The smallest absolute Gasteiger partial charge is 0.320 e. The summed E-state index contributed by atoms with van der Waals surface area (Å²) in [6.45, 7) is 0. The highest BCUT2D eigenvalue weighted by atomic mass is 16.5. The molecule has 114 valence electrons. The number of methoxy groups -OCH3 is 1. The molecule has 0 N–H and O–H groups in total. The summed E-state index contributed by atoms with van der Waals surface area (Å²) >= 11 is 0. The van der Waals surface area contributed by atoms with Crippen LogP contribution in [0.15, 0.2) is 66.7 Å². The molecule has 2 heteroatoms. The fourth-order valence-electron chi connectivity index (χ4n) is 3.88. The van der Waals surface area contributed by atoms with E-state index in [-0.39, 0.29) is 5.97 Å². The van der Waals surface area contributed by atoms with Crippen molar-refractivity contribution in [2.75, 3.05) is 7.11 Å². The van der Waals surface area contributed by atoms with Crippen molar-refractivity contribution in [2.45, 2.75) is 18.3 Å². The van der Waals surface area contributed by atoms with Gasteiger partial charge in [-0.15, -0.1) is 0 Å². The summed E-state index contributed by atoms with van der Waals surface area (Å²) in [7, 11) is 1.48. The molecule has 4 rings (SSSR count). The molecule has 23 heavy (non-hydrogen) atoms. The first-order valence-electron chi connectivity index (χ1n) is 7.92. The number of rotatable bonds is 2. The van der Waals surface area contributed by atoms with Crippen LogP contribution in [0.2, 0.25) is 0 Å². The van der Waals surface area contributed by atoms with Crippen LogP contribution in [-0.2, 0) is 21.4 Å². The highest BCUT2D eigenvalue weighted by Gasteiger charge is 2.47. The molecule has 0 aliphatic heterocycles. The van der Waals surface area contributed by atoms with Crippen molar-refractivity contribution in [3.63, 3.8) is 0 Å². The van der Waals surface area contributed by atoms with Crippen molar-refractivity contribution in [1.29, 1.82) is 0 Å². The number of benzene rings is 3. The molecule has 1 aliphatic carbocycles. The molecule has 0 bridgehead atoms. The minimum Gasteiger partial charge on any atom is -0.468 e. The molecule has 0 saturated heterocycles. The van der Waals surface area contributed by atoms with Gasteiger partial charge in [0.1, 0.15) is 5.41 Å². The second-order valence-electron chi connectivity index (χ2n) is 6.12. The van der Waals surface area contributed by atoms with Crippen LogP contribution in [0.25, 0.3) is 10.8 Å². The van der Waals surface area contributed by atoms with Crippen LogP contribution < -0.4 is 0 Å². The fraction of sp³-hybridized carbons (Fsp3) is 0.190. The van der Waals surface area contributed by atoms with Gasteiger partial charge in [-0.3, -0.25) is 4.79 Å². The van der Waals surface area contributed by atoms with Crippen molar-refractivity contribution >= 4 is 16.7 Å². The molecule has 1 atom stereocenters. The quantitative estimate of drug-likeness (QED) is 0.662. The van der Waals surface area contributed by atoms with Gasteiger partial charge < -0.3 is 4.74 Å². The Labute approximate surface area is 135 Å². The Balaban J connectivity index is 2.01. The maximum Gasteiger partial charge on any atom is 0.320 e. The van der Waals surface area contributed by atoms with E-state index in [1.807, 2.05) is 36.4 Å². The maximum atomic E-state index is 12.8. The topological polar surface area (TPSA) is 26.3 Å². The van der Waals surface area contributed by atoms with Gasteiger partial charge in [-0.1, -0.05) is 60.7 Å². The normalized spacial score (nSPS) is 19.5. The monoisotopic (exact) mass is 302 g/mol. The minimum absolute atomic E-state index is 0.169. The number of carbonyl (C=O) groups excluding carboxylic acids is 1. The third-order valence-corrected chi connectivity index (χ3v) is 5.00. The zero-order chi connectivity index (χ0) is 15.9. The Kier molecular flexibility index (Phi) is 3.19. The van der Waals surface area contributed by atoms with E-state index >= 15 is 0 Å². The van der Waals surface area contributed by atoms with Crippen LogP contribution in [-0.4, -0.2) is 13.1 Å². The van der Waals surface area contributed by atoms with Gasteiger partial charge in [0.05, 0.1) is 7.11 Å². The van der Waals surface area contributed by atoms with E-state index < -0.39 is 5.41 Å². The van der Waals surface area contributed by atoms with Crippen molar-refractivity contribution in [3.05, 3.63) is 83.4 Å². The Morgan fingerprint density at radius 1 is 0.957 bits per heavy atom. The van der Waals surface area contributed by atoms with Gasteiger partial charge in [0.15, 0.2) is 0 Å². The summed E-state index contributed by atoms with van der Waals surface area (Å²) in [6.07, 6.45) is 1.65. The van der Waals surface area contributed by atoms with Gasteiger partial charge in [0, 0.05) is 0 Å². The highest BCUT2D eigenvalue weighted by molar-refractivity contribution is 5.93. The molecule has 0 fully saturated rings. The van der Waals surface area contributed by atoms with E-state index in [0.717, 1.165) is 29.4 Å². The first-order chi connectivity index (χ1) is 11.3. The largest absolute Gasteiger partial charge is 0.468 e. The van der Waals surface area contributed by atoms with E-state index in [9.17, 15) is 4.79 Å². The lowest BCUT2D eigenvalue weighted by Gasteiger charge is -2.28. The molecule has 3 aromatic carbocycles. The Hall–Kier alpha value is -2.61. The molecule has 0 amide bonds. The molecule has 0 aromatic heterocycles. The van der Waals surface area contributed by atoms with Crippen LogP contribution in [0.1, 0.15) is 23.1 Å². The van der Waals surface area contributed by atoms with Crippen molar-refractivity contribution in [2.24, 2.45) is 0 Å². The van der Waals surface area contributed by atoms with Gasteiger partial charge in [-0.05, 0) is 46.4 Å². The second-order valence-corrected chi connectivity index (χ2v) is 6.12. The van der Waals surface area contributed by atoms with Gasteiger partial charge >= 0.3 is 5.97 Å². The van der Waals surface area contributed by atoms with Crippen LogP contribution in [0.3, 0.4) is 0 Å². The summed E-state index contributed by atoms with van der Waals surface area (Å²) < 4.78 is 5.22. The van der Waals surface area contributed by atoms with Crippen LogP contribution >= 0.6 is 0 Å². The van der Waals surface area contributed by atoms with Gasteiger partial charge in [0.25, 0.3) is 0 Å². The third-order valence-electron chi connectivity index (χ3n) is 5.00. The zero-order valence-corrected chi connectivity index (χ0v) is 13.1. The number of esters is 1. The molecular weight excluding hydrogens is 284 g/mol. The molecular formula is C21H18O2. The van der Waals surface area contributed by atoms with Crippen LogP contribution in [0, 0.1) is 0 Å². The highest BCUT2D eigenvalue weighted by Crippen LogP contribution is 2.46. The maximum absolute atomic E-state index is 12.8. The number of ether oxygens (including phenoxy) is 1. The molecule has 1 aliphatic rings. The van der Waals surface area contributed by atoms with Gasteiger partial charge in [0.2, 0.25) is 0 Å². The minimum atomic E-state index is -0.685. The van der Waals surface area contributed by atoms with Crippen molar-refractivity contribution in [3.8, 4) is 0 Å². The summed E-state index contributed by atoms with van der Waals surface area (Å²) in [5.41, 5.74) is 2.67. The molecule has 0 saturated carbocycles. The van der Waals surface area contributed by atoms with E-state index in [1.54, 1.807) is 0 Å². The van der Waals surface area contributed by atoms with Crippen molar-refractivity contribution in [1.82, 2.24) is 0 Å².